The first-order chi connectivity index (χ1) is 9.74. The molecule has 0 N–H and O–H groups in total. The lowest BCUT2D eigenvalue weighted by Gasteiger charge is -2.11. The van der Waals surface area contributed by atoms with E-state index in [-0.39, 0.29) is 0 Å². The SMILES string of the molecule is CCOC(OCC)c1nc(Cc2ccccc2Br)no1. The number of nitrogens with zero attached hydrogens (tertiary/aromatic N) is 2. The van der Waals surface area contributed by atoms with E-state index in [2.05, 4.69) is 26.1 Å². The maximum atomic E-state index is 5.43. The minimum atomic E-state index is -0.592. The van der Waals surface area contributed by atoms with Crippen LogP contribution in [0.15, 0.2) is 33.3 Å². The van der Waals surface area contributed by atoms with Crippen LogP contribution in [-0.2, 0) is 15.9 Å². The summed E-state index contributed by atoms with van der Waals surface area (Å²) in [4.78, 5) is 4.34. The molecule has 0 bridgehead atoms. The Hall–Kier alpha value is -1.24. The Balaban J connectivity index is 2.10. The van der Waals surface area contributed by atoms with Crippen LogP contribution in [-0.4, -0.2) is 23.4 Å². The summed E-state index contributed by atoms with van der Waals surface area (Å²) in [5.41, 5.74) is 1.10. The van der Waals surface area contributed by atoms with Gasteiger partial charge in [-0.3, -0.25) is 0 Å². The van der Waals surface area contributed by atoms with Crippen LogP contribution < -0.4 is 0 Å². The van der Waals surface area contributed by atoms with Crippen molar-refractivity contribution in [3.8, 4) is 0 Å². The summed E-state index contributed by atoms with van der Waals surface area (Å²) in [6, 6.07) is 7.95. The molecule has 0 fully saturated rings. The van der Waals surface area contributed by atoms with Crippen molar-refractivity contribution < 1.29 is 14.0 Å². The maximum absolute atomic E-state index is 5.43. The third-order valence-electron chi connectivity index (χ3n) is 2.63. The molecule has 2 aromatic rings. The molecule has 0 unspecified atom stereocenters. The second-order valence-corrected chi connectivity index (χ2v) is 4.91. The van der Waals surface area contributed by atoms with Gasteiger partial charge in [-0.15, -0.1) is 0 Å². The molecule has 6 heteroatoms. The molecular formula is C14H17BrN2O3. The highest BCUT2D eigenvalue weighted by molar-refractivity contribution is 9.10. The molecule has 1 heterocycles. The fraction of sp³-hybridized carbons (Fsp3) is 0.429. The summed E-state index contributed by atoms with van der Waals surface area (Å²) < 4.78 is 17.1. The lowest BCUT2D eigenvalue weighted by atomic mass is 10.1. The summed E-state index contributed by atoms with van der Waals surface area (Å²) in [5, 5.41) is 3.97. The van der Waals surface area contributed by atoms with Gasteiger partial charge in [-0.1, -0.05) is 39.3 Å². The van der Waals surface area contributed by atoms with E-state index in [1.807, 2.05) is 38.1 Å². The number of rotatable bonds is 7. The molecule has 20 heavy (non-hydrogen) atoms. The van der Waals surface area contributed by atoms with Gasteiger partial charge < -0.3 is 14.0 Å². The molecular weight excluding hydrogens is 324 g/mol. The number of hydrogen-bond donors (Lipinski definition) is 0. The number of halogens is 1. The Bertz CT molecular complexity index is 539. The van der Waals surface area contributed by atoms with Crippen LogP contribution in [0.4, 0.5) is 0 Å². The zero-order chi connectivity index (χ0) is 14.4. The third kappa shape index (κ3) is 3.88. The zero-order valence-corrected chi connectivity index (χ0v) is 13.1. The molecule has 2 rings (SSSR count). The minimum absolute atomic E-state index is 0.357. The van der Waals surface area contributed by atoms with Crippen molar-refractivity contribution in [1.29, 1.82) is 0 Å². The molecule has 5 nitrogen and oxygen atoms in total. The monoisotopic (exact) mass is 340 g/mol. The van der Waals surface area contributed by atoms with Gasteiger partial charge in [-0.05, 0) is 25.5 Å². The van der Waals surface area contributed by atoms with Crippen molar-refractivity contribution in [2.45, 2.75) is 26.6 Å². The molecule has 0 aliphatic carbocycles. The largest absolute Gasteiger partial charge is 0.345 e. The molecule has 0 aliphatic rings. The predicted molar refractivity (Wildman–Crippen MR) is 77.2 cm³/mol. The van der Waals surface area contributed by atoms with E-state index in [9.17, 15) is 0 Å². The number of benzene rings is 1. The molecule has 1 aromatic heterocycles. The number of aromatic nitrogens is 2. The van der Waals surface area contributed by atoms with Gasteiger partial charge in [0.2, 0.25) is 6.29 Å². The quantitative estimate of drug-likeness (QED) is 0.722. The summed E-state index contributed by atoms with van der Waals surface area (Å²) in [6.07, 6.45) is 0.000985. The van der Waals surface area contributed by atoms with Crippen molar-refractivity contribution in [2.24, 2.45) is 0 Å². The van der Waals surface area contributed by atoms with Gasteiger partial charge in [0.1, 0.15) is 0 Å². The minimum Gasteiger partial charge on any atom is -0.345 e. The Labute approximate surface area is 126 Å². The van der Waals surface area contributed by atoms with Gasteiger partial charge in [-0.2, -0.15) is 4.98 Å². The molecule has 1 aromatic carbocycles. The fourth-order valence-corrected chi connectivity index (χ4v) is 2.17. The van der Waals surface area contributed by atoms with Gasteiger partial charge >= 0.3 is 0 Å². The topological polar surface area (TPSA) is 57.4 Å². The van der Waals surface area contributed by atoms with E-state index in [4.69, 9.17) is 14.0 Å². The molecule has 0 radical (unpaired) electrons. The highest BCUT2D eigenvalue weighted by atomic mass is 79.9. The van der Waals surface area contributed by atoms with Crippen molar-refractivity contribution in [3.05, 3.63) is 46.0 Å². The van der Waals surface area contributed by atoms with Gasteiger partial charge in [0.05, 0.1) is 0 Å². The highest BCUT2D eigenvalue weighted by Crippen LogP contribution is 2.21. The van der Waals surface area contributed by atoms with Crippen molar-refractivity contribution in [2.75, 3.05) is 13.2 Å². The smallest absolute Gasteiger partial charge is 0.283 e. The van der Waals surface area contributed by atoms with Crippen LogP contribution in [0.5, 0.6) is 0 Å². The molecule has 0 saturated carbocycles. The first-order valence-corrected chi connectivity index (χ1v) is 7.33. The Morgan fingerprint density at radius 1 is 1.20 bits per heavy atom. The van der Waals surface area contributed by atoms with E-state index in [0.717, 1.165) is 10.0 Å². The van der Waals surface area contributed by atoms with Gasteiger partial charge in [-0.25, -0.2) is 0 Å². The molecule has 0 aliphatic heterocycles. The van der Waals surface area contributed by atoms with Gasteiger partial charge in [0, 0.05) is 24.1 Å². The van der Waals surface area contributed by atoms with E-state index in [1.165, 1.54) is 0 Å². The third-order valence-corrected chi connectivity index (χ3v) is 3.40. The summed E-state index contributed by atoms with van der Waals surface area (Å²) in [5.74, 6) is 0.965. The van der Waals surface area contributed by atoms with Crippen molar-refractivity contribution in [3.63, 3.8) is 0 Å². The lowest BCUT2D eigenvalue weighted by Crippen LogP contribution is -2.09. The summed E-state index contributed by atoms with van der Waals surface area (Å²) >= 11 is 3.50. The Kier molecular flexibility index (Phi) is 5.70. The van der Waals surface area contributed by atoms with Crippen LogP contribution in [0.2, 0.25) is 0 Å². The zero-order valence-electron chi connectivity index (χ0n) is 11.5. The number of ether oxygens (including phenoxy) is 2. The average molecular weight is 341 g/mol. The lowest BCUT2D eigenvalue weighted by molar-refractivity contribution is -0.155. The second kappa shape index (κ2) is 7.52. The van der Waals surface area contributed by atoms with Crippen LogP contribution in [0.1, 0.15) is 37.4 Å². The number of hydrogen-bond acceptors (Lipinski definition) is 5. The van der Waals surface area contributed by atoms with Crippen molar-refractivity contribution in [1.82, 2.24) is 10.1 Å². The van der Waals surface area contributed by atoms with Gasteiger partial charge in [0.25, 0.3) is 5.89 Å². The highest BCUT2D eigenvalue weighted by Gasteiger charge is 2.19. The normalized spacial score (nSPS) is 11.2. The standard InChI is InChI=1S/C14H17BrN2O3/c1-3-18-14(19-4-2)13-16-12(17-20-13)9-10-7-5-6-8-11(10)15/h5-8,14H,3-4,9H2,1-2H3. The summed E-state index contributed by atoms with van der Waals surface area (Å²) in [7, 11) is 0. The van der Waals surface area contributed by atoms with Gasteiger partial charge in [0.15, 0.2) is 5.82 Å². The second-order valence-electron chi connectivity index (χ2n) is 4.06. The first-order valence-electron chi connectivity index (χ1n) is 6.53. The van der Waals surface area contributed by atoms with E-state index < -0.39 is 6.29 Å². The van der Waals surface area contributed by atoms with E-state index in [1.54, 1.807) is 0 Å². The molecule has 0 amide bonds. The summed E-state index contributed by atoms with van der Waals surface area (Å²) in [6.45, 7) is 4.83. The van der Waals surface area contributed by atoms with Crippen LogP contribution in [0.3, 0.4) is 0 Å². The maximum Gasteiger partial charge on any atom is 0.283 e. The van der Waals surface area contributed by atoms with Crippen LogP contribution in [0, 0.1) is 0 Å². The average Bonchev–Trinajstić information content (AvgIpc) is 2.90. The predicted octanol–water partition coefficient (Wildman–Crippen LogP) is 3.49. The molecule has 108 valence electrons. The van der Waals surface area contributed by atoms with E-state index >= 15 is 0 Å². The Morgan fingerprint density at radius 2 is 1.90 bits per heavy atom. The first kappa shape index (κ1) is 15.2. The molecule has 0 spiro atoms. The van der Waals surface area contributed by atoms with Crippen LogP contribution >= 0.6 is 15.9 Å². The molecule has 0 saturated heterocycles. The van der Waals surface area contributed by atoms with Crippen molar-refractivity contribution >= 4 is 15.9 Å². The van der Waals surface area contributed by atoms with Crippen LogP contribution in [0.25, 0.3) is 0 Å². The molecule has 0 atom stereocenters. The Morgan fingerprint density at radius 3 is 2.55 bits per heavy atom. The van der Waals surface area contributed by atoms with E-state index in [0.29, 0.717) is 31.3 Å². The fourth-order valence-electron chi connectivity index (χ4n) is 1.74.